The molecule has 0 saturated heterocycles. The molecule has 27 heavy (non-hydrogen) atoms. The molecule has 2 aromatic carbocycles. The van der Waals surface area contributed by atoms with Crippen LogP contribution in [-0.2, 0) is 6.18 Å². The molecule has 0 amide bonds. The number of aromatic amines is 1. The lowest BCUT2D eigenvalue weighted by Gasteiger charge is -2.08. The number of nitro groups is 1. The summed E-state index contributed by atoms with van der Waals surface area (Å²) < 4.78 is 40.9. The molecule has 0 radical (unpaired) electrons. The zero-order chi connectivity index (χ0) is 19.8. The minimum atomic E-state index is -4.90. The minimum Gasteiger partial charge on any atom is -0.345 e. The second-order valence-electron chi connectivity index (χ2n) is 5.52. The number of aromatic nitrogens is 1. The van der Waals surface area contributed by atoms with Crippen LogP contribution < -0.4 is 0 Å². The van der Waals surface area contributed by atoms with Gasteiger partial charge in [-0.05, 0) is 18.2 Å². The molecule has 1 aromatic heterocycles. The highest BCUT2D eigenvalue weighted by atomic mass is 35.5. The Morgan fingerprint density at radius 2 is 1.74 bits per heavy atom. The van der Waals surface area contributed by atoms with Gasteiger partial charge < -0.3 is 4.98 Å². The second kappa shape index (κ2) is 6.78. The molecule has 136 valence electrons. The van der Waals surface area contributed by atoms with Crippen molar-refractivity contribution in [2.24, 2.45) is 0 Å². The van der Waals surface area contributed by atoms with Gasteiger partial charge in [0.05, 0.1) is 22.1 Å². The van der Waals surface area contributed by atoms with E-state index in [4.69, 9.17) is 11.6 Å². The fourth-order valence-electron chi connectivity index (χ4n) is 2.77. The lowest BCUT2D eigenvalue weighted by atomic mass is 9.97. The number of rotatable bonds is 3. The zero-order valence-electron chi connectivity index (χ0n) is 13.3. The molecule has 0 atom stereocenters. The molecule has 3 rings (SSSR count). The van der Waals surface area contributed by atoms with Crippen LogP contribution in [0.15, 0.2) is 48.5 Å². The van der Waals surface area contributed by atoms with E-state index in [0.717, 1.165) is 0 Å². The fourth-order valence-corrected chi connectivity index (χ4v) is 2.90. The normalized spacial score (nSPS) is 11.2. The first kappa shape index (κ1) is 18.5. The number of nitriles is 1. The molecule has 0 bridgehead atoms. The zero-order valence-corrected chi connectivity index (χ0v) is 14.1. The van der Waals surface area contributed by atoms with E-state index >= 15 is 0 Å². The number of hydrogen-bond acceptors (Lipinski definition) is 3. The maximum atomic E-state index is 13.6. The Kier molecular flexibility index (Phi) is 4.64. The van der Waals surface area contributed by atoms with Crippen molar-refractivity contribution in [3.63, 3.8) is 0 Å². The number of halogens is 4. The van der Waals surface area contributed by atoms with Crippen molar-refractivity contribution >= 4 is 17.3 Å². The Morgan fingerprint density at radius 3 is 2.30 bits per heavy atom. The molecular formula is C18H9ClF3N3O2. The van der Waals surface area contributed by atoms with Crippen LogP contribution in [0.5, 0.6) is 0 Å². The summed E-state index contributed by atoms with van der Waals surface area (Å²) in [7, 11) is 0. The molecule has 1 N–H and O–H groups in total. The third-order valence-corrected chi connectivity index (χ3v) is 4.14. The molecule has 0 saturated carbocycles. The van der Waals surface area contributed by atoms with Gasteiger partial charge in [0.15, 0.2) is 0 Å². The average Bonchev–Trinajstić information content (AvgIpc) is 3.03. The van der Waals surface area contributed by atoms with Crippen LogP contribution in [0.3, 0.4) is 0 Å². The number of nitrogens with one attached hydrogen (secondary N) is 1. The fraction of sp³-hybridized carbons (Fsp3) is 0.0556. The number of benzene rings is 2. The van der Waals surface area contributed by atoms with Gasteiger partial charge in [-0.25, -0.2) is 0 Å². The molecule has 5 nitrogen and oxygen atoms in total. The summed E-state index contributed by atoms with van der Waals surface area (Å²) in [4.78, 5) is 13.0. The van der Waals surface area contributed by atoms with Crippen molar-refractivity contribution in [1.82, 2.24) is 4.98 Å². The standard InChI is InChI=1S/C18H9ClF3N3O2/c19-12-7-5-10(6-8-12)15-16(25(26)27)14(17(24-15)18(20,21)22)13-4-2-1-3-11(13)9-23/h1-8,24H. The van der Waals surface area contributed by atoms with Crippen LogP contribution in [0, 0.1) is 21.4 Å². The van der Waals surface area contributed by atoms with E-state index in [1.54, 1.807) is 6.07 Å². The van der Waals surface area contributed by atoms with E-state index < -0.39 is 28.0 Å². The third kappa shape index (κ3) is 3.37. The Bertz CT molecular complexity index is 1070. The van der Waals surface area contributed by atoms with Gasteiger partial charge in [-0.2, -0.15) is 18.4 Å². The maximum absolute atomic E-state index is 13.6. The predicted molar refractivity (Wildman–Crippen MR) is 93.0 cm³/mol. The molecule has 0 aliphatic heterocycles. The molecule has 0 spiro atoms. The largest absolute Gasteiger partial charge is 0.432 e. The van der Waals surface area contributed by atoms with Gasteiger partial charge in [0.1, 0.15) is 11.4 Å². The van der Waals surface area contributed by atoms with E-state index in [1.807, 2.05) is 0 Å². The first-order valence-corrected chi connectivity index (χ1v) is 7.84. The minimum absolute atomic E-state index is 0.104. The third-order valence-electron chi connectivity index (χ3n) is 3.89. The van der Waals surface area contributed by atoms with Crippen molar-refractivity contribution < 1.29 is 18.1 Å². The van der Waals surface area contributed by atoms with Gasteiger partial charge in [0.25, 0.3) is 0 Å². The summed E-state index contributed by atoms with van der Waals surface area (Å²) in [6.45, 7) is 0. The van der Waals surface area contributed by atoms with Crippen molar-refractivity contribution in [3.05, 3.63) is 74.9 Å². The highest BCUT2D eigenvalue weighted by Crippen LogP contribution is 2.47. The molecule has 3 aromatic rings. The molecule has 0 aliphatic carbocycles. The van der Waals surface area contributed by atoms with Gasteiger partial charge in [-0.3, -0.25) is 10.1 Å². The van der Waals surface area contributed by atoms with Crippen LogP contribution in [0.1, 0.15) is 11.3 Å². The van der Waals surface area contributed by atoms with E-state index in [1.165, 1.54) is 48.5 Å². The van der Waals surface area contributed by atoms with Gasteiger partial charge in [0.2, 0.25) is 0 Å². The summed E-state index contributed by atoms with van der Waals surface area (Å²) in [6, 6.07) is 12.8. The SMILES string of the molecule is N#Cc1ccccc1-c1c(C(F)(F)F)[nH]c(-c2ccc(Cl)cc2)c1[N+](=O)[O-]. The van der Waals surface area contributed by atoms with E-state index in [-0.39, 0.29) is 22.4 Å². The molecule has 0 aliphatic rings. The van der Waals surface area contributed by atoms with Crippen molar-refractivity contribution in [3.8, 4) is 28.5 Å². The lowest BCUT2D eigenvalue weighted by molar-refractivity contribution is -0.383. The van der Waals surface area contributed by atoms with E-state index in [9.17, 15) is 28.5 Å². The van der Waals surface area contributed by atoms with Crippen LogP contribution >= 0.6 is 11.6 Å². The van der Waals surface area contributed by atoms with Crippen LogP contribution in [-0.4, -0.2) is 9.91 Å². The van der Waals surface area contributed by atoms with Gasteiger partial charge >= 0.3 is 11.9 Å². The summed E-state index contributed by atoms with van der Waals surface area (Å²) >= 11 is 5.79. The van der Waals surface area contributed by atoms with Crippen LogP contribution in [0.25, 0.3) is 22.4 Å². The Hall–Kier alpha value is -3.31. The van der Waals surface area contributed by atoms with Crippen LogP contribution in [0.2, 0.25) is 5.02 Å². The molecule has 0 unspecified atom stereocenters. The van der Waals surface area contributed by atoms with Crippen molar-refractivity contribution in [2.75, 3.05) is 0 Å². The molecular weight excluding hydrogens is 383 g/mol. The van der Waals surface area contributed by atoms with E-state index in [0.29, 0.717) is 5.02 Å². The smallest absolute Gasteiger partial charge is 0.345 e. The summed E-state index contributed by atoms with van der Waals surface area (Å²) in [5, 5.41) is 21.3. The van der Waals surface area contributed by atoms with E-state index in [2.05, 4.69) is 4.98 Å². The highest BCUT2D eigenvalue weighted by Gasteiger charge is 2.42. The predicted octanol–water partition coefficient (Wildman–Crippen LogP) is 5.80. The Balaban J connectivity index is 2.43. The average molecular weight is 392 g/mol. The summed E-state index contributed by atoms with van der Waals surface area (Å²) in [5.41, 5.74) is -3.14. The molecule has 1 heterocycles. The Labute approximate surface area is 155 Å². The summed E-state index contributed by atoms with van der Waals surface area (Å²) in [6.07, 6.45) is -4.90. The number of hydrogen-bond donors (Lipinski definition) is 1. The maximum Gasteiger partial charge on any atom is 0.432 e. The number of alkyl halides is 3. The van der Waals surface area contributed by atoms with Gasteiger partial charge in [0, 0.05) is 16.1 Å². The lowest BCUT2D eigenvalue weighted by Crippen LogP contribution is -2.08. The number of nitrogens with zero attached hydrogens (tertiary/aromatic N) is 2. The second-order valence-corrected chi connectivity index (χ2v) is 5.95. The first-order chi connectivity index (χ1) is 12.7. The first-order valence-electron chi connectivity index (χ1n) is 7.47. The highest BCUT2D eigenvalue weighted by molar-refractivity contribution is 6.30. The van der Waals surface area contributed by atoms with Crippen molar-refractivity contribution in [2.45, 2.75) is 6.18 Å². The number of H-pyrrole nitrogens is 1. The van der Waals surface area contributed by atoms with Crippen LogP contribution in [0.4, 0.5) is 18.9 Å². The quantitative estimate of drug-likeness (QED) is 0.452. The van der Waals surface area contributed by atoms with Crippen molar-refractivity contribution in [1.29, 1.82) is 5.26 Å². The summed E-state index contributed by atoms with van der Waals surface area (Å²) in [5.74, 6) is 0. The monoisotopic (exact) mass is 391 g/mol. The molecule has 0 fully saturated rings. The van der Waals surface area contributed by atoms with Gasteiger partial charge in [-0.1, -0.05) is 41.9 Å². The van der Waals surface area contributed by atoms with Gasteiger partial charge in [-0.15, -0.1) is 0 Å². The molecule has 9 heteroatoms. The topological polar surface area (TPSA) is 82.7 Å². The Morgan fingerprint density at radius 1 is 1.11 bits per heavy atom.